The van der Waals surface area contributed by atoms with Crippen LogP contribution in [0.1, 0.15) is 39.0 Å². The fraction of sp³-hybridized carbons (Fsp3) is 1.00. The summed E-state index contributed by atoms with van der Waals surface area (Å²) in [5.41, 5.74) is 0. The summed E-state index contributed by atoms with van der Waals surface area (Å²) < 4.78 is 0. The van der Waals surface area contributed by atoms with Gasteiger partial charge in [0.1, 0.15) is 0 Å². The molecule has 1 atom stereocenters. The topological polar surface area (TPSA) is 15.3 Å². The fourth-order valence-electron chi connectivity index (χ4n) is 2.35. The molecule has 2 heteroatoms. The predicted molar refractivity (Wildman–Crippen MR) is 55.9 cm³/mol. The maximum Gasteiger partial charge on any atom is 0.0110 e. The molecule has 0 aromatic rings. The molecule has 2 nitrogen and oxygen atoms in total. The Hall–Kier alpha value is -0.0800. The Balaban J connectivity index is 1.61. The molecule has 1 saturated heterocycles. The summed E-state index contributed by atoms with van der Waals surface area (Å²) in [4.78, 5) is 2.66. The zero-order valence-corrected chi connectivity index (χ0v) is 8.76. The predicted octanol–water partition coefficient (Wildman–Crippen LogP) is 1.61. The molecular formula is C11H22N2. The van der Waals surface area contributed by atoms with Crippen molar-refractivity contribution in [3.8, 4) is 0 Å². The molecule has 76 valence electrons. The van der Waals surface area contributed by atoms with Gasteiger partial charge >= 0.3 is 0 Å². The lowest BCUT2D eigenvalue weighted by Crippen LogP contribution is -2.35. The fourth-order valence-corrected chi connectivity index (χ4v) is 2.35. The number of likely N-dealkylation sites (tertiary alicyclic amines) is 1. The lowest BCUT2D eigenvalue weighted by molar-refractivity contribution is 0.248. The number of nitrogens with zero attached hydrogens (tertiary/aromatic N) is 1. The van der Waals surface area contributed by atoms with Crippen molar-refractivity contribution in [1.82, 2.24) is 10.2 Å². The SMILES string of the molecule is CCC1CCCN1CCNC1CC1. The van der Waals surface area contributed by atoms with Crippen LogP contribution in [0.25, 0.3) is 0 Å². The molecule has 1 aliphatic heterocycles. The minimum Gasteiger partial charge on any atom is -0.313 e. The van der Waals surface area contributed by atoms with E-state index in [0.29, 0.717) is 0 Å². The molecule has 0 aromatic carbocycles. The van der Waals surface area contributed by atoms with E-state index in [1.165, 1.54) is 51.7 Å². The summed E-state index contributed by atoms with van der Waals surface area (Å²) in [5, 5.41) is 3.59. The van der Waals surface area contributed by atoms with E-state index in [1.54, 1.807) is 0 Å². The van der Waals surface area contributed by atoms with Crippen LogP contribution in [0, 0.1) is 0 Å². The molecular weight excluding hydrogens is 160 g/mol. The van der Waals surface area contributed by atoms with E-state index in [0.717, 1.165) is 12.1 Å². The molecule has 2 rings (SSSR count). The average molecular weight is 182 g/mol. The highest BCUT2D eigenvalue weighted by atomic mass is 15.2. The summed E-state index contributed by atoms with van der Waals surface area (Å²) in [6.45, 7) is 6.14. The second-order valence-corrected chi connectivity index (χ2v) is 4.47. The first kappa shape index (κ1) is 9.47. The van der Waals surface area contributed by atoms with Crippen molar-refractivity contribution < 1.29 is 0 Å². The largest absolute Gasteiger partial charge is 0.313 e. The van der Waals surface area contributed by atoms with E-state index in [1.807, 2.05) is 0 Å². The molecule has 1 unspecified atom stereocenters. The Labute approximate surface area is 81.7 Å². The maximum atomic E-state index is 3.59. The smallest absolute Gasteiger partial charge is 0.0110 e. The van der Waals surface area contributed by atoms with Crippen LogP contribution >= 0.6 is 0 Å². The van der Waals surface area contributed by atoms with Crippen molar-refractivity contribution in [2.24, 2.45) is 0 Å². The first-order chi connectivity index (χ1) is 6.40. The summed E-state index contributed by atoms with van der Waals surface area (Å²) in [5.74, 6) is 0. The quantitative estimate of drug-likeness (QED) is 0.695. The lowest BCUT2D eigenvalue weighted by atomic mass is 10.2. The Morgan fingerprint density at radius 2 is 2.15 bits per heavy atom. The molecule has 0 radical (unpaired) electrons. The first-order valence-corrected chi connectivity index (χ1v) is 5.87. The van der Waals surface area contributed by atoms with Gasteiger partial charge < -0.3 is 5.32 Å². The highest BCUT2D eigenvalue weighted by Gasteiger charge is 2.24. The lowest BCUT2D eigenvalue weighted by Gasteiger charge is -2.23. The van der Waals surface area contributed by atoms with Gasteiger partial charge in [0, 0.05) is 25.2 Å². The van der Waals surface area contributed by atoms with Crippen LogP contribution in [0.5, 0.6) is 0 Å². The average Bonchev–Trinajstić information content (AvgIpc) is 2.84. The monoisotopic (exact) mass is 182 g/mol. The summed E-state index contributed by atoms with van der Waals surface area (Å²) in [6, 6.07) is 1.77. The second-order valence-electron chi connectivity index (χ2n) is 4.47. The Bertz CT molecular complexity index is 154. The highest BCUT2D eigenvalue weighted by molar-refractivity contribution is 4.83. The van der Waals surface area contributed by atoms with Crippen molar-refractivity contribution in [1.29, 1.82) is 0 Å². The second kappa shape index (κ2) is 4.43. The molecule has 13 heavy (non-hydrogen) atoms. The minimum absolute atomic E-state index is 0.877. The molecule has 1 aliphatic carbocycles. The van der Waals surface area contributed by atoms with Crippen LogP contribution in [0.15, 0.2) is 0 Å². The number of rotatable bonds is 5. The zero-order valence-electron chi connectivity index (χ0n) is 8.76. The van der Waals surface area contributed by atoms with E-state index in [2.05, 4.69) is 17.1 Å². The van der Waals surface area contributed by atoms with Crippen molar-refractivity contribution in [2.75, 3.05) is 19.6 Å². The minimum atomic E-state index is 0.877. The van der Waals surface area contributed by atoms with E-state index in [-0.39, 0.29) is 0 Å². The molecule has 0 bridgehead atoms. The molecule has 1 heterocycles. The van der Waals surface area contributed by atoms with Gasteiger partial charge in [0.05, 0.1) is 0 Å². The van der Waals surface area contributed by atoms with Gasteiger partial charge in [-0.3, -0.25) is 4.90 Å². The van der Waals surface area contributed by atoms with Crippen molar-refractivity contribution in [2.45, 2.75) is 51.1 Å². The number of nitrogens with one attached hydrogen (secondary N) is 1. The zero-order chi connectivity index (χ0) is 9.10. The van der Waals surface area contributed by atoms with Gasteiger partial charge in [0.2, 0.25) is 0 Å². The third-order valence-electron chi connectivity index (χ3n) is 3.38. The van der Waals surface area contributed by atoms with Crippen LogP contribution in [0.3, 0.4) is 0 Å². The van der Waals surface area contributed by atoms with Gasteiger partial charge in [-0.2, -0.15) is 0 Å². The molecule has 1 N–H and O–H groups in total. The van der Waals surface area contributed by atoms with E-state index in [9.17, 15) is 0 Å². The molecule has 1 saturated carbocycles. The van der Waals surface area contributed by atoms with Gasteiger partial charge in [-0.25, -0.2) is 0 Å². The molecule has 0 spiro atoms. The van der Waals surface area contributed by atoms with Crippen LogP contribution in [-0.4, -0.2) is 36.6 Å². The third-order valence-corrected chi connectivity index (χ3v) is 3.38. The van der Waals surface area contributed by atoms with Crippen LogP contribution in [0.2, 0.25) is 0 Å². The maximum absolute atomic E-state index is 3.59. The van der Waals surface area contributed by atoms with E-state index >= 15 is 0 Å². The van der Waals surface area contributed by atoms with Crippen LogP contribution in [0.4, 0.5) is 0 Å². The molecule has 0 amide bonds. The summed E-state index contributed by atoms with van der Waals surface area (Å²) >= 11 is 0. The summed E-state index contributed by atoms with van der Waals surface area (Å²) in [6.07, 6.45) is 7.01. The summed E-state index contributed by atoms with van der Waals surface area (Å²) in [7, 11) is 0. The number of hydrogen-bond acceptors (Lipinski definition) is 2. The van der Waals surface area contributed by atoms with Gasteiger partial charge in [0.15, 0.2) is 0 Å². The molecule has 2 fully saturated rings. The number of hydrogen-bond donors (Lipinski definition) is 1. The molecule has 0 aromatic heterocycles. The van der Waals surface area contributed by atoms with Crippen molar-refractivity contribution in [3.05, 3.63) is 0 Å². The van der Waals surface area contributed by atoms with Gasteiger partial charge in [-0.05, 0) is 38.6 Å². The first-order valence-electron chi connectivity index (χ1n) is 5.87. The van der Waals surface area contributed by atoms with Gasteiger partial charge in [-0.15, -0.1) is 0 Å². The molecule has 2 aliphatic rings. The Morgan fingerprint density at radius 1 is 1.31 bits per heavy atom. The van der Waals surface area contributed by atoms with Crippen LogP contribution in [-0.2, 0) is 0 Å². The highest BCUT2D eigenvalue weighted by Crippen LogP contribution is 2.20. The van der Waals surface area contributed by atoms with Crippen molar-refractivity contribution in [3.63, 3.8) is 0 Å². The Morgan fingerprint density at radius 3 is 2.85 bits per heavy atom. The van der Waals surface area contributed by atoms with E-state index < -0.39 is 0 Å². The van der Waals surface area contributed by atoms with Crippen LogP contribution < -0.4 is 5.32 Å². The van der Waals surface area contributed by atoms with E-state index in [4.69, 9.17) is 0 Å². The van der Waals surface area contributed by atoms with Gasteiger partial charge in [0.25, 0.3) is 0 Å². The van der Waals surface area contributed by atoms with Gasteiger partial charge in [-0.1, -0.05) is 6.92 Å². The normalized spacial score (nSPS) is 29.8. The van der Waals surface area contributed by atoms with Crippen molar-refractivity contribution >= 4 is 0 Å². The third kappa shape index (κ3) is 2.68. The standard InChI is InChI=1S/C11H22N2/c1-2-11-4-3-8-13(11)9-7-12-10-5-6-10/h10-12H,2-9H2,1H3. The Kier molecular flexibility index (Phi) is 3.23.